The Labute approximate surface area is 121 Å². The van der Waals surface area contributed by atoms with Gasteiger partial charge in [0, 0.05) is 0 Å². The summed E-state index contributed by atoms with van der Waals surface area (Å²) in [5.41, 5.74) is -0.000112. The molecule has 0 radical (unpaired) electrons. The second-order valence-electron chi connectivity index (χ2n) is 5.34. The van der Waals surface area contributed by atoms with E-state index < -0.39 is 5.54 Å². The fourth-order valence-corrected chi connectivity index (χ4v) is 2.59. The first kappa shape index (κ1) is 14.7. The molecule has 0 fully saturated rings. The van der Waals surface area contributed by atoms with Gasteiger partial charge in [-0.2, -0.15) is 0 Å². The molecule has 6 heteroatoms. The summed E-state index contributed by atoms with van der Waals surface area (Å²) in [5.74, 6) is 1.24. The third-order valence-corrected chi connectivity index (χ3v) is 3.97. The lowest BCUT2D eigenvalue weighted by molar-refractivity contribution is 0.0872. The summed E-state index contributed by atoms with van der Waals surface area (Å²) in [5, 5.41) is 12.7. The van der Waals surface area contributed by atoms with Crippen LogP contribution in [-0.2, 0) is 0 Å². The second-order valence-corrected chi connectivity index (χ2v) is 6.34. The topological polar surface area (TPSA) is 75.4 Å². The molecule has 0 bridgehead atoms. The Hall–Kier alpha value is -1.66. The first-order valence-electron chi connectivity index (χ1n) is 6.30. The average Bonchev–Trinajstić information content (AvgIpc) is 2.95. The van der Waals surface area contributed by atoms with Crippen molar-refractivity contribution in [2.75, 3.05) is 6.61 Å². The minimum atomic E-state index is -0.658. The minimum absolute atomic E-state index is 0.124. The van der Waals surface area contributed by atoms with Crippen LogP contribution < -0.4 is 5.32 Å². The molecule has 0 unspecified atom stereocenters. The molecule has 0 aliphatic carbocycles. The van der Waals surface area contributed by atoms with E-state index >= 15 is 0 Å². The lowest BCUT2D eigenvalue weighted by atomic mass is 10.1. The second kappa shape index (κ2) is 5.38. The number of aliphatic hydroxyl groups excluding tert-OH is 1. The predicted octanol–water partition coefficient (Wildman–Crippen LogP) is 2.52. The van der Waals surface area contributed by atoms with Gasteiger partial charge in [0.1, 0.15) is 10.6 Å². The van der Waals surface area contributed by atoms with Crippen molar-refractivity contribution in [3.05, 3.63) is 28.5 Å². The summed E-state index contributed by atoms with van der Waals surface area (Å²) in [4.78, 5) is 17.1. The molecule has 2 heterocycles. The van der Waals surface area contributed by atoms with E-state index in [1.165, 1.54) is 11.3 Å². The van der Waals surface area contributed by atoms with Crippen molar-refractivity contribution in [1.82, 2.24) is 10.3 Å². The molecule has 0 saturated carbocycles. The number of nitrogens with zero attached hydrogens (tertiary/aromatic N) is 1. The van der Waals surface area contributed by atoms with Crippen molar-refractivity contribution in [2.45, 2.75) is 33.2 Å². The Bertz CT molecular complexity index is 628. The highest BCUT2D eigenvalue weighted by molar-refractivity contribution is 7.17. The van der Waals surface area contributed by atoms with Gasteiger partial charge in [0.05, 0.1) is 17.8 Å². The quantitative estimate of drug-likeness (QED) is 0.908. The monoisotopic (exact) mass is 294 g/mol. The Morgan fingerprint density at radius 2 is 2.15 bits per heavy atom. The van der Waals surface area contributed by atoms with E-state index in [0.717, 1.165) is 5.76 Å². The van der Waals surface area contributed by atoms with E-state index in [1.807, 2.05) is 19.1 Å². The zero-order valence-electron chi connectivity index (χ0n) is 12.0. The normalized spacial score (nSPS) is 11.7. The minimum Gasteiger partial charge on any atom is -0.459 e. The number of aryl methyl sites for hydroxylation is 2. The highest BCUT2D eigenvalue weighted by atomic mass is 32.1. The van der Waals surface area contributed by atoms with E-state index in [2.05, 4.69) is 10.3 Å². The van der Waals surface area contributed by atoms with Crippen molar-refractivity contribution < 1.29 is 14.3 Å². The molecule has 0 atom stereocenters. The molecule has 2 rings (SSSR count). The molecule has 108 valence electrons. The van der Waals surface area contributed by atoms with Crippen molar-refractivity contribution in [2.24, 2.45) is 0 Å². The number of amides is 1. The molecule has 1 amide bonds. The van der Waals surface area contributed by atoms with E-state index in [1.54, 1.807) is 20.8 Å². The number of aliphatic hydroxyl groups is 1. The van der Waals surface area contributed by atoms with E-state index in [4.69, 9.17) is 4.42 Å². The van der Waals surface area contributed by atoms with Gasteiger partial charge < -0.3 is 14.8 Å². The van der Waals surface area contributed by atoms with Crippen molar-refractivity contribution in [3.8, 4) is 10.8 Å². The number of hydrogen-bond acceptors (Lipinski definition) is 5. The SMILES string of the molecule is Cc1ccc(-c2nc(C)c(C(=O)NC(C)(C)CO)s2)o1. The Morgan fingerprint density at radius 3 is 2.70 bits per heavy atom. The summed E-state index contributed by atoms with van der Waals surface area (Å²) in [6, 6.07) is 3.70. The zero-order valence-corrected chi connectivity index (χ0v) is 12.8. The van der Waals surface area contributed by atoms with Crippen LogP contribution in [0.25, 0.3) is 10.8 Å². The van der Waals surface area contributed by atoms with Gasteiger partial charge >= 0.3 is 0 Å². The summed E-state index contributed by atoms with van der Waals surface area (Å²) in [7, 11) is 0. The van der Waals surface area contributed by atoms with Crippen molar-refractivity contribution in [3.63, 3.8) is 0 Å². The number of carbonyl (C=O) groups excluding carboxylic acids is 1. The third kappa shape index (κ3) is 3.08. The fraction of sp³-hybridized carbons (Fsp3) is 0.429. The van der Waals surface area contributed by atoms with E-state index in [9.17, 15) is 9.90 Å². The number of rotatable bonds is 4. The number of carbonyl (C=O) groups is 1. The van der Waals surface area contributed by atoms with E-state index in [0.29, 0.717) is 21.3 Å². The van der Waals surface area contributed by atoms with Crippen LogP contribution in [0, 0.1) is 13.8 Å². The third-order valence-electron chi connectivity index (χ3n) is 2.80. The fourth-order valence-electron chi connectivity index (χ4n) is 1.67. The maximum atomic E-state index is 12.2. The van der Waals surface area contributed by atoms with Crippen LogP contribution in [0.3, 0.4) is 0 Å². The van der Waals surface area contributed by atoms with Crippen LogP contribution in [0.4, 0.5) is 0 Å². The molecule has 0 aliphatic heterocycles. The first-order chi connectivity index (χ1) is 9.32. The Balaban J connectivity index is 2.26. The number of hydrogen-bond donors (Lipinski definition) is 2. The van der Waals surface area contributed by atoms with E-state index in [-0.39, 0.29) is 12.5 Å². The molecule has 2 N–H and O–H groups in total. The van der Waals surface area contributed by atoms with Gasteiger partial charge in [-0.3, -0.25) is 4.79 Å². The smallest absolute Gasteiger partial charge is 0.263 e. The molecule has 2 aromatic rings. The predicted molar refractivity (Wildman–Crippen MR) is 77.9 cm³/mol. The molecular weight excluding hydrogens is 276 g/mol. The molecule has 0 saturated heterocycles. The standard InChI is InChI=1S/C14H18N2O3S/c1-8-5-6-10(19-8)13-15-9(2)11(20-13)12(18)16-14(3,4)7-17/h5-6,17H,7H2,1-4H3,(H,16,18). The number of aromatic nitrogens is 1. The van der Waals surface area contributed by atoms with Gasteiger partial charge in [-0.05, 0) is 39.8 Å². The largest absolute Gasteiger partial charge is 0.459 e. The molecule has 5 nitrogen and oxygen atoms in total. The Kier molecular flexibility index (Phi) is 3.96. The number of nitrogens with one attached hydrogen (secondary N) is 1. The maximum absolute atomic E-state index is 12.2. The first-order valence-corrected chi connectivity index (χ1v) is 7.11. The Morgan fingerprint density at radius 1 is 1.45 bits per heavy atom. The van der Waals surface area contributed by atoms with Gasteiger partial charge in [0.2, 0.25) is 0 Å². The molecule has 0 aliphatic rings. The van der Waals surface area contributed by atoms with Crippen LogP contribution in [0.15, 0.2) is 16.5 Å². The van der Waals surface area contributed by atoms with Gasteiger partial charge in [0.25, 0.3) is 5.91 Å². The summed E-state index contributed by atoms with van der Waals surface area (Å²) < 4.78 is 5.52. The maximum Gasteiger partial charge on any atom is 0.263 e. The summed E-state index contributed by atoms with van der Waals surface area (Å²) in [6.07, 6.45) is 0. The highest BCUT2D eigenvalue weighted by Gasteiger charge is 2.24. The van der Waals surface area contributed by atoms with Crippen molar-refractivity contribution >= 4 is 17.2 Å². The summed E-state index contributed by atoms with van der Waals surface area (Å²) in [6.45, 7) is 7.05. The molecular formula is C14H18N2O3S. The van der Waals surface area contributed by atoms with Gasteiger partial charge in [0.15, 0.2) is 10.8 Å². The van der Waals surface area contributed by atoms with Gasteiger partial charge in [-0.25, -0.2) is 4.98 Å². The molecule has 0 spiro atoms. The zero-order chi connectivity index (χ0) is 14.9. The van der Waals surface area contributed by atoms with Gasteiger partial charge in [-0.15, -0.1) is 11.3 Å². The average molecular weight is 294 g/mol. The van der Waals surface area contributed by atoms with Crippen LogP contribution >= 0.6 is 11.3 Å². The van der Waals surface area contributed by atoms with Crippen LogP contribution in [0.2, 0.25) is 0 Å². The lowest BCUT2D eigenvalue weighted by Crippen LogP contribution is -2.46. The molecule has 2 aromatic heterocycles. The number of thiazole rings is 1. The van der Waals surface area contributed by atoms with Crippen LogP contribution in [0.5, 0.6) is 0 Å². The molecule has 20 heavy (non-hydrogen) atoms. The lowest BCUT2D eigenvalue weighted by Gasteiger charge is -2.22. The molecule has 0 aromatic carbocycles. The highest BCUT2D eigenvalue weighted by Crippen LogP contribution is 2.29. The van der Waals surface area contributed by atoms with Crippen LogP contribution in [0.1, 0.15) is 35.0 Å². The van der Waals surface area contributed by atoms with Crippen molar-refractivity contribution in [1.29, 1.82) is 0 Å². The van der Waals surface area contributed by atoms with Gasteiger partial charge in [-0.1, -0.05) is 0 Å². The summed E-state index contributed by atoms with van der Waals surface area (Å²) >= 11 is 1.29. The number of furan rings is 1. The van der Waals surface area contributed by atoms with Crippen LogP contribution in [-0.4, -0.2) is 28.1 Å².